The number of nitrogens with one attached hydrogen (secondary N) is 2. The number of esters is 1. The molecular weight excluding hydrogens is 304 g/mol. The molecule has 0 saturated carbocycles. The average molecular weight is 322 g/mol. The molecule has 0 bridgehead atoms. The molecule has 2 N–H and O–H groups in total. The summed E-state index contributed by atoms with van der Waals surface area (Å²) in [6, 6.07) is 8.43. The number of para-hydroxylation sites is 1. The Labute approximate surface area is 134 Å². The Morgan fingerprint density at radius 2 is 1.95 bits per heavy atom. The molecular formula is C15H18N2O4S. The highest BCUT2D eigenvalue weighted by molar-refractivity contribution is 7.80. The highest BCUT2D eigenvalue weighted by Gasteiger charge is 2.28. The third kappa shape index (κ3) is 5.61. The summed E-state index contributed by atoms with van der Waals surface area (Å²) in [5, 5.41) is 9.93. The van der Waals surface area contributed by atoms with Gasteiger partial charge in [0.15, 0.2) is 0 Å². The zero-order chi connectivity index (χ0) is 16.5. The molecule has 0 aliphatic carbocycles. The van der Waals surface area contributed by atoms with Gasteiger partial charge in [-0.2, -0.15) is 0 Å². The minimum absolute atomic E-state index is 0.00823. The Bertz CT molecular complexity index is 560. The summed E-state index contributed by atoms with van der Waals surface area (Å²) < 4.78 is 9.99. The standard InChI is InChI=1S/C15H18N2O4S/c1-3-9-20-14(18)12(10(2)16)13(22)17-15(19)21-11-7-5-4-6-8-11/h4-8,12,16H,3,9H2,1-2H3,(H,17,19,22). The Balaban J connectivity index is 2.65. The monoisotopic (exact) mass is 322 g/mol. The fraction of sp³-hybridized carbons (Fsp3) is 0.333. The maximum Gasteiger partial charge on any atom is 0.417 e. The number of amides is 1. The summed E-state index contributed by atoms with van der Waals surface area (Å²) in [4.78, 5) is 23.5. The van der Waals surface area contributed by atoms with Gasteiger partial charge in [-0.05, 0) is 25.5 Å². The van der Waals surface area contributed by atoms with E-state index < -0.39 is 18.0 Å². The number of hydrogen-bond acceptors (Lipinski definition) is 6. The average Bonchev–Trinajstić information content (AvgIpc) is 2.45. The summed E-state index contributed by atoms with van der Waals surface area (Å²) >= 11 is 5.02. The molecule has 118 valence electrons. The van der Waals surface area contributed by atoms with Gasteiger partial charge >= 0.3 is 12.1 Å². The second-order valence-corrected chi connectivity index (χ2v) is 4.92. The van der Waals surface area contributed by atoms with Crippen molar-refractivity contribution in [2.45, 2.75) is 20.3 Å². The molecule has 1 atom stereocenters. The molecule has 1 rings (SSSR count). The summed E-state index contributed by atoms with van der Waals surface area (Å²) in [5.74, 6) is -1.40. The molecule has 0 spiro atoms. The van der Waals surface area contributed by atoms with Crippen molar-refractivity contribution in [3.63, 3.8) is 0 Å². The van der Waals surface area contributed by atoms with E-state index in [9.17, 15) is 9.59 Å². The highest BCUT2D eigenvalue weighted by atomic mass is 32.1. The smallest absolute Gasteiger partial charge is 0.417 e. The van der Waals surface area contributed by atoms with Crippen LogP contribution in [0.4, 0.5) is 4.79 Å². The third-order valence-corrected chi connectivity index (χ3v) is 2.90. The van der Waals surface area contributed by atoms with Crippen molar-refractivity contribution >= 4 is 35.0 Å². The Morgan fingerprint density at radius 3 is 2.50 bits per heavy atom. The van der Waals surface area contributed by atoms with Crippen molar-refractivity contribution in [1.82, 2.24) is 5.32 Å². The van der Waals surface area contributed by atoms with Crippen molar-refractivity contribution in [2.24, 2.45) is 5.92 Å². The van der Waals surface area contributed by atoms with Crippen LogP contribution in [0.1, 0.15) is 20.3 Å². The normalized spacial score (nSPS) is 11.2. The van der Waals surface area contributed by atoms with Crippen LogP contribution in [0.25, 0.3) is 0 Å². The fourth-order valence-electron chi connectivity index (χ4n) is 1.56. The van der Waals surface area contributed by atoms with Gasteiger partial charge in [-0.25, -0.2) is 4.79 Å². The molecule has 22 heavy (non-hydrogen) atoms. The second kappa shape index (κ2) is 8.89. The van der Waals surface area contributed by atoms with E-state index in [1.54, 1.807) is 30.3 Å². The van der Waals surface area contributed by atoms with Crippen LogP contribution in [-0.2, 0) is 9.53 Å². The van der Waals surface area contributed by atoms with Crippen molar-refractivity contribution < 1.29 is 19.1 Å². The first-order valence-corrected chi connectivity index (χ1v) is 7.16. The maximum atomic E-state index is 11.9. The van der Waals surface area contributed by atoms with Gasteiger partial charge in [0, 0.05) is 5.71 Å². The van der Waals surface area contributed by atoms with Gasteiger partial charge in [0.25, 0.3) is 0 Å². The summed E-state index contributed by atoms with van der Waals surface area (Å²) in [5.41, 5.74) is -0.00823. The van der Waals surface area contributed by atoms with Crippen LogP contribution >= 0.6 is 12.2 Å². The van der Waals surface area contributed by atoms with E-state index in [-0.39, 0.29) is 17.3 Å². The molecule has 1 aromatic carbocycles. The van der Waals surface area contributed by atoms with Crippen molar-refractivity contribution in [3.8, 4) is 5.75 Å². The molecule has 0 heterocycles. The van der Waals surface area contributed by atoms with Crippen LogP contribution in [0, 0.1) is 11.3 Å². The van der Waals surface area contributed by atoms with E-state index in [1.807, 2.05) is 6.92 Å². The molecule has 6 nitrogen and oxygen atoms in total. The lowest BCUT2D eigenvalue weighted by Gasteiger charge is -2.16. The number of carbonyl (C=O) groups is 2. The first kappa shape index (κ1) is 17.8. The summed E-state index contributed by atoms with van der Waals surface area (Å²) in [6.07, 6.45) is -0.156. The summed E-state index contributed by atoms with van der Waals surface area (Å²) in [7, 11) is 0. The van der Waals surface area contributed by atoms with E-state index in [1.165, 1.54) is 6.92 Å². The van der Waals surface area contributed by atoms with Gasteiger partial charge < -0.3 is 14.9 Å². The van der Waals surface area contributed by atoms with Gasteiger partial charge in [0.1, 0.15) is 16.7 Å². The molecule has 1 amide bonds. The lowest BCUT2D eigenvalue weighted by Crippen LogP contribution is -2.42. The largest absolute Gasteiger partial charge is 0.465 e. The molecule has 0 radical (unpaired) electrons. The number of ether oxygens (including phenoxy) is 2. The number of benzene rings is 1. The van der Waals surface area contributed by atoms with Crippen LogP contribution in [-0.4, -0.2) is 29.4 Å². The number of carbonyl (C=O) groups excluding carboxylic acids is 2. The van der Waals surface area contributed by atoms with Crippen LogP contribution in [0.5, 0.6) is 5.75 Å². The lowest BCUT2D eigenvalue weighted by molar-refractivity contribution is -0.144. The lowest BCUT2D eigenvalue weighted by atomic mass is 10.1. The van der Waals surface area contributed by atoms with E-state index in [4.69, 9.17) is 27.1 Å². The topological polar surface area (TPSA) is 88.5 Å². The number of thiocarbonyl (C=S) groups is 1. The van der Waals surface area contributed by atoms with E-state index >= 15 is 0 Å². The van der Waals surface area contributed by atoms with Gasteiger partial charge in [-0.15, -0.1) is 0 Å². The van der Waals surface area contributed by atoms with Crippen molar-refractivity contribution in [2.75, 3.05) is 6.61 Å². The van der Waals surface area contributed by atoms with Crippen LogP contribution in [0.3, 0.4) is 0 Å². The molecule has 0 aliphatic heterocycles. The highest BCUT2D eigenvalue weighted by Crippen LogP contribution is 2.09. The van der Waals surface area contributed by atoms with E-state index in [0.29, 0.717) is 12.2 Å². The zero-order valence-corrected chi connectivity index (χ0v) is 13.2. The quantitative estimate of drug-likeness (QED) is 0.477. The van der Waals surface area contributed by atoms with Crippen LogP contribution in [0.2, 0.25) is 0 Å². The molecule has 1 aromatic rings. The van der Waals surface area contributed by atoms with Crippen LogP contribution < -0.4 is 10.1 Å². The van der Waals surface area contributed by atoms with Crippen LogP contribution in [0.15, 0.2) is 30.3 Å². The van der Waals surface area contributed by atoms with Crippen molar-refractivity contribution in [1.29, 1.82) is 5.41 Å². The summed E-state index contributed by atoms with van der Waals surface area (Å²) in [6.45, 7) is 3.52. The Kier molecular flexibility index (Phi) is 7.18. The first-order chi connectivity index (χ1) is 10.5. The molecule has 0 saturated heterocycles. The maximum absolute atomic E-state index is 11.9. The molecule has 1 unspecified atom stereocenters. The fourth-order valence-corrected chi connectivity index (χ4v) is 1.92. The molecule has 0 fully saturated rings. The SMILES string of the molecule is CCCOC(=O)C(C(C)=N)C(=S)NC(=O)Oc1ccccc1. The molecule has 0 aliphatic rings. The van der Waals surface area contributed by atoms with E-state index in [2.05, 4.69) is 5.32 Å². The third-order valence-electron chi connectivity index (χ3n) is 2.56. The predicted molar refractivity (Wildman–Crippen MR) is 86.3 cm³/mol. The Hall–Kier alpha value is -2.28. The molecule has 7 heteroatoms. The predicted octanol–water partition coefficient (Wildman–Crippen LogP) is 2.71. The van der Waals surface area contributed by atoms with E-state index in [0.717, 1.165) is 0 Å². The minimum Gasteiger partial charge on any atom is -0.465 e. The molecule has 0 aromatic heterocycles. The van der Waals surface area contributed by atoms with Gasteiger partial charge in [-0.3, -0.25) is 10.1 Å². The Morgan fingerprint density at radius 1 is 1.32 bits per heavy atom. The first-order valence-electron chi connectivity index (χ1n) is 6.75. The van der Waals surface area contributed by atoms with Gasteiger partial charge in [0.05, 0.1) is 6.61 Å². The second-order valence-electron chi connectivity index (χ2n) is 4.48. The number of hydrogen-bond donors (Lipinski definition) is 2. The van der Waals surface area contributed by atoms with Gasteiger partial charge in [-0.1, -0.05) is 37.3 Å². The zero-order valence-electron chi connectivity index (χ0n) is 12.4. The van der Waals surface area contributed by atoms with Gasteiger partial charge in [0.2, 0.25) is 0 Å². The van der Waals surface area contributed by atoms with Crippen molar-refractivity contribution in [3.05, 3.63) is 30.3 Å². The number of rotatable bonds is 6. The minimum atomic E-state index is -1.09.